The van der Waals surface area contributed by atoms with Gasteiger partial charge in [0.05, 0.1) is 10.1 Å². The van der Waals surface area contributed by atoms with Crippen molar-refractivity contribution in [3.8, 4) is 0 Å². The molecule has 0 bridgehead atoms. The number of nitrogens with one attached hydrogen (secondary N) is 2. The number of benzene rings is 1. The van der Waals surface area contributed by atoms with E-state index in [1.165, 1.54) is 28.7 Å². The van der Waals surface area contributed by atoms with Crippen LogP contribution in [0.2, 0.25) is 0 Å². The van der Waals surface area contributed by atoms with Gasteiger partial charge in [0.2, 0.25) is 0 Å². The SMILES string of the molecule is CC(SCc1ccccc1)C(=O)NNC(=O)c1cccs1. The lowest BCUT2D eigenvalue weighted by molar-refractivity contribution is -0.121. The van der Waals surface area contributed by atoms with Crippen LogP contribution in [-0.2, 0) is 10.5 Å². The Kier molecular flexibility index (Phi) is 5.83. The predicted octanol–water partition coefficient (Wildman–Crippen LogP) is 2.83. The molecule has 4 nitrogen and oxygen atoms in total. The average Bonchev–Trinajstić information content (AvgIpc) is 3.05. The summed E-state index contributed by atoms with van der Waals surface area (Å²) in [6, 6.07) is 13.5. The first-order valence-corrected chi connectivity index (χ1v) is 8.39. The van der Waals surface area contributed by atoms with Crippen LogP contribution >= 0.6 is 23.1 Å². The number of hydrogen-bond acceptors (Lipinski definition) is 4. The summed E-state index contributed by atoms with van der Waals surface area (Å²) in [7, 11) is 0. The molecule has 0 aliphatic carbocycles. The highest BCUT2D eigenvalue weighted by molar-refractivity contribution is 7.99. The number of amides is 2. The van der Waals surface area contributed by atoms with E-state index in [2.05, 4.69) is 10.9 Å². The van der Waals surface area contributed by atoms with Crippen LogP contribution in [0.4, 0.5) is 0 Å². The second-order valence-electron chi connectivity index (χ2n) is 4.36. The standard InChI is InChI=1S/C15H16N2O2S2/c1-11(21-10-12-6-3-2-4-7-12)14(18)16-17-15(19)13-8-5-9-20-13/h2-9,11H,10H2,1H3,(H,16,18)(H,17,19). The summed E-state index contributed by atoms with van der Waals surface area (Å²) in [5.74, 6) is 0.258. The largest absolute Gasteiger partial charge is 0.279 e. The van der Waals surface area contributed by atoms with E-state index in [1.807, 2.05) is 42.6 Å². The van der Waals surface area contributed by atoms with Crippen molar-refractivity contribution in [2.24, 2.45) is 0 Å². The molecule has 1 atom stereocenters. The van der Waals surface area contributed by atoms with Gasteiger partial charge < -0.3 is 0 Å². The zero-order valence-corrected chi connectivity index (χ0v) is 13.2. The zero-order chi connectivity index (χ0) is 15.1. The lowest BCUT2D eigenvalue weighted by Crippen LogP contribution is -2.44. The van der Waals surface area contributed by atoms with E-state index < -0.39 is 0 Å². The first-order chi connectivity index (χ1) is 10.2. The Balaban J connectivity index is 1.74. The van der Waals surface area contributed by atoms with E-state index in [1.54, 1.807) is 12.1 Å². The van der Waals surface area contributed by atoms with Crippen molar-refractivity contribution in [1.29, 1.82) is 0 Å². The molecule has 0 radical (unpaired) electrons. The van der Waals surface area contributed by atoms with Gasteiger partial charge in [-0.2, -0.15) is 0 Å². The lowest BCUT2D eigenvalue weighted by Gasteiger charge is -2.12. The molecule has 0 spiro atoms. The van der Waals surface area contributed by atoms with Gasteiger partial charge in [0, 0.05) is 5.75 Å². The van der Waals surface area contributed by atoms with Crippen LogP contribution in [0.25, 0.3) is 0 Å². The minimum Gasteiger partial charge on any atom is -0.272 e. The molecule has 0 aliphatic rings. The topological polar surface area (TPSA) is 58.2 Å². The average molecular weight is 320 g/mol. The minimum absolute atomic E-state index is 0.208. The van der Waals surface area contributed by atoms with Crippen molar-refractivity contribution in [3.63, 3.8) is 0 Å². The lowest BCUT2D eigenvalue weighted by atomic mass is 10.2. The second kappa shape index (κ2) is 7.85. The van der Waals surface area contributed by atoms with Crippen LogP contribution < -0.4 is 10.9 Å². The van der Waals surface area contributed by atoms with Gasteiger partial charge in [-0.1, -0.05) is 36.4 Å². The maximum atomic E-state index is 11.9. The fraction of sp³-hybridized carbons (Fsp3) is 0.200. The quantitative estimate of drug-likeness (QED) is 0.833. The minimum atomic E-state index is -0.293. The number of thioether (sulfide) groups is 1. The summed E-state index contributed by atoms with van der Waals surface area (Å²) < 4.78 is 0. The van der Waals surface area contributed by atoms with Crippen LogP contribution in [0.5, 0.6) is 0 Å². The van der Waals surface area contributed by atoms with E-state index in [4.69, 9.17) is 0 Å². The molecule has 21 heavy (non-hydrogen) atoms. The summed E-state index contributed by atoms with van der Waals surface area (Å²) in [5.41, 5.74) is 6.05. The fourth-order valence-electron chi connectivity index (χ4n) is 1.56. The first-order valence-electron chi connectivity index (χ1n) is 6.46. The van der Waals surface area contributed by atoms with Gasteiger partial charge in [-0.3, -0.25) is 20.4 Å². The third-order valence-electron chi connectivity index (χ3n) is 2.76. The Morgan fingerprint density at radius 1 is 1.14 bits per heavy atom. The van der Waals surface area contributed by atoms with Crippen molar-refractivity contribution < 1.29 is 9.59 Å². The summed E-state index contributed by atoms with van der Waals surface area (Å²) in [6.45, 7) is 1.82. The van der Waals surface area contributed by atoms with E-state index in [9.17, 15) is 9.59 Å². The van der Waals surface area contributed by atoms with Crippen molar-refractivity contribution in [1.82, 2.24) is 10.9 Å². The normalized spacial score (nSPS) is 11.7. The highest BCUT2D eigenvalue weighted by Crippen LogP contribution is 2.17. The molecule has 1 unspecified atom stereocenters. The number of carbonyl (C=O) groups excluding carboxylic acids is 2. The molecule has 2 rings (SSSR count). The Labute approximate surface area is 131 Å². The highest BCUT2D eigenvalue weighted by Gasteiger charge is 2.14. The van der Waals surface area contributed by atoms with Crippen LogP contribution in [0.3, 0.4) is 0 Å². The van der Waals surface area contributed by atoms with Gasteiger partial charge in [-0.05, 0) is 23.9 Å². The van der Waals surface area contributed by atoms with E-state index in [0.717, 1.165) is 5.75 Å². The highest BCUT2D eigenvalue weighted by atomic mass is 32.2. The number of hydrogen-bond donors (Lipinski definition) is 2. The van der Waals surface area contributed by atoms with Crippen molar-refractivity contribution in [3.05, 3.63) is 58.3 Å². The van der Waals surface area contributed by atoms with E-state index in [0.29, 0.717) is 4.88 Å². The van der Waals surface area contributed by atoms with Crippen LogP contribution in [0.15, 0.2) is 47.8 Å². The molecular formula is C15H16N2O2S2. The Bertz CT molecular complexity index is 585. The van der Waals surface area contributed by atoms with Crippen LogP contribution in [0, 0.1) is 0 Å². The molecule has 1 aromatic carbocycles. The molecule has 2 amide bonds. The summed E-state index contributed by atoms with van der Waals surface area (Å²) in [5, 5.41) is 1.57. The Morgan fingerprint density at radius 3 is 2.57 bits per heavy atom. The molecule has 110 valence electrons. The Hall–Kier alpha value is -1.79. The van der Waals surface area contributed by atoms with Gasteiger partial charge in [0.1, 0.15) is 0 Å². The molecular weight excluding hydrogens is 304 g/mol. The van der Waals surface area contributed by atoms with Gasteiger partial charge in [-0.15, -0.1) is 23.1 Å². The number of hydrazine groups is 1. The van der Waals surface area contributed by atoms with Gasteiger partial charge in [-0.25, -0.2) is 0 Å². The molecule has 2 aromatic rings. The van der Waals surface area contributed by atoms with Crippen LogP contribution in [0.1, 0.15) is 22.2 Å². The van der Waals surface area contributed by atoms with Crippen LogP contribution in [-0.4, -0.2) is 17.1 Å². The van der Waals surface area contributed by atoms with Gasteiger partial charge >= 0.3 is 0 Å². The second-order valence-corrected chi connectivity index (χ2v) is 6.64. The monoisotopic (exact) mass is 320 g/mol. The maximum Gasteiger partial charge on any atom is 0.279 e. The van der Waals surface area contributed by atoms with Crippen molar-refractivity contribution in [2.75, 3.05) is 0 Å². The number of carbonyl (C=O) groups is 2. The Morgan fingerprint density at radius 2 is 1.90 bits per heavy atom. The number of rotatable bonds is 5. The maximum absolute atomic E-state index is 11.9. The fourth-order valence-corrected chi connectivity index (χ4v) is 3.02. The van der Waals surface area contributed by atoms with E-state index >= 15 is 0 Å². The van der Waals surface area contributed by atoms with E-state index in [-0.39, 0.29) is 17.1 Å². The van der Waals surface area contributed by atoms with Gasteiger partial charge in [0.25, 0.3) is 11.8 Å². The molecule has 2 N–H and O–H groups in total. The summed E-state index contributed by atoms with van der Waals surface area (Å²) in [6.07, 6.45) is 0. The summed E-state index contributed by atoms with van der Waals surface area (Å²) >= 11 is 2.86. The third-order valence-corrected chi connectivity index (χ3v) is 4.84. The molecule has 0 aliphatic heterocycles. The first kappa shape index (κ1) is 15.6. The zero-order valence-electron chi connectivity index (χ0n) is 11.5. The molecule has 6 heteroatoms. The van der Waals surface area contributed by atoms with Crippen molar-refractivity contribution >= 4 is 34.9 Å². The molecule has 1 aromatic heterocycles. The summed E-state index contributed by atoms with van der Waals surface area (Å²) in [4.78, 5) is 24.2. The number of thiophene rings is 1. The third kappa shape index (κ3) is 4.91. The predicted molar refractivity (Wildman–Crippen MR) is 87.1 cm³/mol. The smallest absolute Gasteiger partial charge is 0.272 e. The van der Waals surface area contributed by atoms with Crippen molar-refractivity contribution in [2.45, 2.75) is 17.9 Å². The molecule has 0 saturated carbocycles. The molecule has 0 fully saturated rings. The van der Waals surface area contributed by atoms with Gasteiger partial charge in [0.15, 0.2) is 0 Å². The molecule has 0 saturated heterocycles. The molecule has 1 heterocycles.